The Kier molecular flexibility index (Phi) is 6.50. The van der Waals surface area contributed by atoms with E-state index >= 15 is 0 Å². The molecule has 2 rings (SSSR count). The Hall–Kier alpha value is -2.20. The van der Waals surface area contributed by atoms with Crippen LogP contribution in [0.4, 0.5) is 5.69 Å². The normalized spacial score (nSPS) is 10.9. The summed E-state index contributed by atoms with van der Waals surface area (Å²) in [4.78, 5) is 0. The molecular weight excluding hydrogens is 324 g/mol. The van der Waals surface area contributed by atoms with Gasteiger partial charge in [0, 0.05) is 0 Å². The zero-order chi connectivity index (χ0) is 17.5. The van der Waals surface area contributed by atoms with Gasteiger partial charge in [-0.25, -0.2) is 0 Å². The number of anilines is 1. The van der Waals surface area contributed by atoms with Crippen molar-refractivity contribution in [2.24, 2.45) is 5.10 Å². The van der Waals surface area contributed by atoms with Gasteiger partial charge < -0.3 is 9.47 Å². The molecule has 0 aliphatic rings. The van der Waals surface area contributed by atoms with Crippen molar-refractivity contribution in [2.45, 2.75) is 27.7 Å². The molecule has 0 bridgehead atoms. The smallest absolute Gasteiger partial charge is 0.179 e. The van der Waals surface area contributed by atoms with Crippen LogP contribution in [0.25, 0.3) is 0 Å². The number of nitrogens with one attached hydrogen (secondary N) is 1. The van der Waals surface area contributed by atoms with Gasteiger partial charge in [-0.3, -0.25) is 5.43 Å². The third-order valence-corrected chi connectivity index (χ3v) is 3.82. The average Bonchev–Trinajstić information content (AvgIpc) is 2.54. The molecule has 0 heterocycles. The Morgan fingerprint density at radius 1 is 1.04 bits per heavy atom. The number of rotatable bonds is 7. The maximum atomic E-state index is 6.30. The van der Waals surface area contributed by atoms with Crippen LogP contribution in [0.1, 0.15) is 30.5 Å². The average molecular weight is 347 g/mol. The van der Waals surface area contributed by atoms with Crippen LogP contribution in [0.3, 0.4) is 0 Å². The van der Waals surface area contributed by atoms with Gasteiger partial charge in [-0.05, 0) is 68.7 Å². The first-order chi connectivity index (χ1) is 11.5. The second-order valence-electron chi connectivity index (χ2n) is 5.37. The fourth-order valence-electron chi connectivity index (χ4n) is 2.20. The van der Waals surface area contributed by atoms with Gasteiger partial charge in [0.05, 0.1) is 30.1 Å². The van der Waals surface area contributed by atoms with Gasteiger partial charge in [-0.15, -0.1) is 0 Å². The molecule has 0 saturated carbocycles. The minimum Gasteiger partial charge on any atom is -0.490 e. The van der Waals surface area contributed by atoms with Crippen LogP contribution in [0.5, 0.6) is 11.5 Å². The number of aryl methyl sites for hydroxylation is 2. The van der Waals surface area contributed by atoms with Crippen molar-refractivity contribution in [3.63, 3.8) is 0 Å². The number of nitrogens with zero attached hydrogens (tertiary/aromatic N) is 1. The van der Waals surface area contributed by atoms with Crippen LogP contribution >= 0.6 is 11.6 Å². The summed E-state index contributed by atoms with van der Waals surface area (Å²) in [6, 6.07) is 9.79. The van der Waals surface area contributed by atoms with Crippen molar-refractivity contribution in [1.82, 2.24) is 0 Å². The topological polar surface area (TPSA) is 42.8 Å². The molecule has 24 heavy (non-hydrogen) atoms. The second kappa shape index (κ2) is 8.60. The maximum absolute atomic E-state index is 6.30. The zero-order valence-corrected chi connectivity index (χ0v) is 15.3. The molecule has 0 fully saturated rings. The molecule has 0 aliphatic carbocycles. The van der Waals surface area contributed by atoms with Crippen LogP contribution in [-0.2, 0) is 0 Å². The van der Waals surface area contributed by atoms with Crippen molar-refractivity contribution in [3.8, 4) is 11.5 Å². The lowest BCUT2D eigenvalue weighted by molar-refractivity contribution is 0.288. The summed E-state index contributed by atoms with van der Waals surface area (Å²) in [7, 11) is 0. The lowest BCUT2D eigenvalue weighted by atomic mass is 10.1. The monoisotopic (exact) mass is 346 g/mol. The van der Waals surface area contributed by atoms with Crippen molar-refractivity contribution in [3.05, 3.63) is 52.0 Å². The molecule has 5 heteroatoms. The molecule has 128 valence electrons. The molecule has 2 aromatic rings. The molecule has 1 N–H and O–H groups in total. The largest absolute Gasteiger partial charge is 0.490 e. The lowest BCUT2D eigenvalue weighted by Crippen LogP contribution is -2.00. The molecule has 2 aromatic carbocycles. The third kappa shape index (κ3) is 4.65. The number of halogens is 1. The van der Waals surface area contributed by atoms with Crippen LogP contribution in [-0.4, -0.2) is 19.4 Å². The first-order valence-corrected chi connectivity index (χ1v) is 8.38. The van der Waals surface area contributed by atoms with E-state index in [1.54, 1.807) is 12.3 Å². The summed E-state index contributed by atoms with van der Waals surface area (Å²) < 4.78 is 11.2. The van der Waals surface area contributed by atoms with Gasteiger partial charge in [0.1, 0.15) is 0 Å². The van der Waals surface area contributed by atoms with E-state index in [1.807, 2.05) is 26.0 Å². The van der Waals surface area contributed by atoms with E-state index in [9.17, 15) is 0 Å². The Morgan fingerprint density at radius 3 is 2.46 bits per heavy atom. The Morgan fingerprint density at radius 2 is 1.79 bits per heavy atom. The number of hydrogen-bond donors (Lipinski definition) is 1. The van der Waals surface area contributed by atoms with Crippen molar-refractivity contribution in [1.29, 1.82) is 0 Å². The van der Waals surface area contributed by atoms with Gasteiger partial charge in [0.25, 0.3) is 0 Å². The van der Waals surface area contributed by atoms with Gasteiger partial charge >= 0.3 is 0 Å². The molecule has 0 unspecified atom stereocenters. The predicted octanol–water partition coefficient (Wildman–Crippen LogP) is 5.20. The highest BCUT2D eigenvalue weighted by molar-refractivity contribution is 6.32. The summed E-state index contributed by atoms with van der Waals surface area (Å²) in [5.41, 5.74) is 7.28. The lowest BCUT2D eigenvalue weighted by Gasteiger charge is -2.13. The van der Waals surface area contributed by atoms with Gasteiger partial charge in [0.2, 0.25) is 0 Å². The summed E-state index contributed by atoms with van der Waals surface area (Å²) in [6.07, 6.45) is 1.71. The third-order valence-electron chi connectivity index (χ3n) is 3.53. The molecule has 0 aliphatic heterocycles. The Balaban J connectivity index is 2.17. The van der Waals surface area contributed by atoms with Crippen molar-refractivity contribution in [2.75, 3.05) is 18.6 Å². The summed E-state index contributed by atoms with van der Waals surface area (Å²) in [5, 5.41) is 4.78. The highest BCUT2D eigenvalue weighted by Gasteiger charge is 2.11. The quantitative estimate of drug-likeness (QED) is 0.553. The SMILES string of the molecule is CCOc1cc(/C=N/Nc2ccc(C)c(C)c2)cc(Cl)c1OCC. The standard InChI is InChI=1S/C19H23ClN2O2/c1-5-23-18-11-15(10-17(20)19(18)24-6-2)12-21-22-16-8-7-13(3)14(4)9-16/h7-12,22H,5-6H2,1-4H3/b21-12+. The van der Waals surface area contributed by atoms with Crippen LogP contribution < -0.4 is 14.9 Å². The molecule has 0 amide bonds. The summed E-state index contributed by atoms with van der Waals surface area (Å²) in [5.74, 6) is 1.19. The van der Waals surface area contributed by atoms with E-state index in [0.29, 0.717) is 29.7 Å². The molecule has 4 nitrogen and oxygen atoms in total. The predicted molar refractivity (Wildman–Crippen MR) is 101 cm³/mol. The highest BCUT2D eigenvalue weighted by Crippen LogP contribution is 2.36. The summed E-state index contributed by atoms with van der Waals surface area (Å²) in [6.45, 7) is 9.06. The first kappa shape index (κ1) is 18.1. The van der Waals surface area contributed by atoms with Gasteiger partial charge in [-0.1, -0.05) is 17.7 Å². The molecule has 0 aromatic heterocycles. The van der Waals surface area contributed by atoms with E-state index in [-0.39, 0.29) is 0 Å². The zero-order valence-electron chi connectivity index (χ0n) is 14.5. The minimum atomic E-state index is 0.510. The maximum Gasteiger partial charge on any atom is 0.179 e. The minimum absolute atomic E-state index is 0.510. The van der Waals surface area contributed by atoms with Gasteiger partial charge in [0.15, 0.2) is 11.5 Å². The number of ether oxygens (including phenoxy) is 2. The molecular formula is C19H23ClN2O2. The van der Waals surface area contributed by atoms with Crippen molar-refractivity contribution < 1.29 is 9.47 Å². The molecule has 0 saturated heterocycles. The number of benzene rings is 2. The van der Waals surface area contributed by atoms with E-state index in [4.69, 9.17) is 21.1 Å². The summed E-state index contributed by atoms with van der Waals surface area (Å²) >= 11 is 6.30. The highest BCUT2D eigenvalue weighted by atomic mass is 35.5. The fourth-order valence-corrected chi connectivity index (χ4v) is 2.48. The Bertz CT molecular complexity index is 730. The van der Waals surface area contributed by atoms with E-state index in [1.165, 1.54) is 11.1 Å². The van der Waals surface area contributed by atoms with Gasteiger partial charge in [-0.2, -0.15) is 5.10 Å². The Labute approximate surface area is 148 Å². The van der Waals surface area contributed by atoms with Crippen LogP contribution in [0, 0.1) is 13.8 Å². The van der Waals surface area contributed by atoms with E-state index in [0.717, 1.165) is 11.3 Å². The van der Waals surface area contributed by atoms with Crippen molar-refractivity contribution >= 4 is 23.5 Å². The number of hydrazone groups is 1. The van der Waals surface area contributed by atoms with E-state index < -0.39 is 0 Å². The molecule has 0 atom stereocenters. The van der Waals surface area contributed by atoms with Crippen LogP contribution in [0.15, 0.2) is 35.4 Å². The first-order valence-electron chi connectivity index (χ1n) is 8.00. The molecule has 0 spiro atoms. The molecule has 0 radical (unpaired) electrons. The number of hydrogen-bond acceptors (Lipinski definition) is 4. The fraction of sp³-hybridized carbons (Fsp3) is 0.316. The van der Waals surface area contributed by atoms with E-state index in [2.05, 4.69) is 36.5 Å². The van der Waals surface area contributed by atoms with Crippen LogP contribution in [0.2, 0.25) is 5.02 Å². The second-order valence-corrected chi connectivity index (χ2v) is 5.77.